The average molecular weight is 254 g/mol. The summed E-state index contributed by atoms with van der Waals surface area (Å²) in [5.74, 6) is -0.797. The normalized spacial score (nSPS) is 18.9. The van der Waals surface area contributed by atoms with E-state index in [0.717, 1.165) is 19.4 Å². The topological polar surface area (TPSA) is 49.8 Å². The molecule has 1 saturated heterocycles. The summed E-state index contributed by atoms with van der Waals surface area (Å²) in [6.45, 7) is 2.65. The molecule has 0 aromatic heterocycles. The zero-order valence-corrected chi connectivity index (χ0v) is 11.5. The highest BCUT2D eigenvalue weighted by Crippen LogP contribution is 2.18. The largest absolute Gasteiger partial charge is 0.478 e. The summed E-state index contributed by atoms with van der Waals surface area (Å²) >= 11 is 0. The molecule has 0 aromatic rings. The van der Waals surface area contributed by atoms with Crippen molar-refractivity contribution in [3.63, 3.8) is 0 Å². The van der Waals surface area contributed by atoms with Gasteiger partial charge < -0.3 is 9.84 Å². The molecule has 0 saturated carbocycles. The Labute approximate surface area is 110 Å². The molecule has 1 aliphatic heterocycles. The van der Waals surface area contributed by atoms with E-state index in [4.69, 9.17) is 9.84 Å². The Balaban J connectivity index is 1.77. The second kappa shape index (κ2) is 9.15. The third-order valence-corrected chi connectivity index (χ3v) is 3.42. The van der Waals surface area contributed by atoms with Crippen LogP contribution in [-0.4, -0.2) is 23.8 Å². The van der Waals surface area contributed by atoms with E-state index in [2.05, 4.69) is 0 Å². The van der Waals surface area contributed by atoms with Gasteiger partial charge >= 0.3 is 5.97 Å². The third-order valence-electron chi connectivity index (χ3n) is 3.42. The van der Waals surface area contributed by atoms with Crippen molar-refractivity contribution in [1.29, 1.82) is 0 Å². The Hall–Kier alpha value is -0.830. The fraction of sp³-hybridized carbons (Fsp3) is 0.800. The van der Waals surface area contributed by atoms with Crippen LogP contribution in [0.3, 0.4) is 0 Å². The van der Waals surface area contributed by atoms with Gasteiger partial charge in [-0.05, 0) is 26.2 Å². The molecule has 1 atom stereocenters. The van der Waals surface area contributed by atoms with Gasteiger partial charge in [-0.2, -0.15) is 0 Å². The van der Waals surface area contributed by atoms with Crippen molar-refractivity contribution in [2.75, 3.05) is 6.61 Å². The summed E-state index contributed by atoms with van der Waals surface area (Å²) in [6.07, 6.45) is 13.5. The fourth-order valence-electron chi connectivity index (χ4n) is 2.04. The molecule has 1 fully saturated rings. The average Bonchev–Trinajstić information content (AvgIpc) is 3.15. The lowest BCUT2D eigenvalue weighted by Gasteiger charge is -2.00. The van der Waals surface area contributed by atoms with Gasteiger partial charge in [-0.1, -0.05) is 44.6 Å². The summed E-state index contributed by atoms with van der Waals surface area (Å²) in [5, 5.41) is 8.67. The van der Waals surface area contributed by atoms with Crippen LogP contribution >= 0.6 is 0 Å². The van der Waals surface area contributed by atoms with Crippen molar-refractivity contribution >= 4 is 5.97 Å². The minimum Gasteiger partial charge on any atom is -0.478 e. The minimum atomic E-state index is -0.797. The fourth-order valence-corrected chi connectivity index (χ4v) is 2.04. The van der Waals surface area contributed by atoms with Gasteiger partial charge in [0.15, 0.2) is 0 Å². The molecule has 0 aromatic carbocycles. The Morgan fingerprint density at radius 3 is 2.28 bits per heavy atom. The van der Waals surface area contributed by atoms with Gasteiger partial charge in [0.2, 0.25) is 0 Å². The first-order chi connectivity index (χ1) is 8.70. The monoisotopic (exact) mass is 254 g/mol. The van der Waals surface area contributed by atoms with Gasteiger partial charge in [0.25, 0.3) is 0 Å². The molecular formula is C15H26O3. The summed E-state index contributed by atoms with van der Waals surface area (Å²) < 4.78 is 5.17. The van der Waals surface area contributed by atoms with Gasteiger partial charge in [-0.3, -0.25) is 0 Å². The maximum atomic E-state index is 10.5. The summed E-state index contributed by atoms with van der Waals surface area (Å²) in [6, 6.07) is 0. The Bertz CT molecular complexity index is 267. The molecule has 3 nitrogen and oxygen atoms in total. The molecule has 0 bridgehead atoms. The van der Waals surface area contributed by atoms with Crippen molar-refractivity contribution in [2.45, 2.75) is 70.8 Å². The molecule has 1 unspecified atom stereocenters. The molecule has 0 amide bonds. The Kier molecular flexibility index (Phi) is 7.74. The minimum absolute atomic E-state index is 0.470. The van der Waals surface area contributed by atoms with Crippen LogP contribution in [0.1, 0.15) is 64.7 Å². The first kappa shape index (κ1) is 15.2. The number of hydrogen-bond donors (Lipinski definition) is 1. The summed E-state index contributed by atoms with van der Waals surface area (Å²) in [4.78, 5) is 10.5. The van der Waals surface area contributed by atoms with Crippen molar-refractivity contribution in [2.24, 2.45) is 0 Å². The molecule has 0 radical (unpaired) electrons. The number of hydrogen-bond acceptors (Lipinski definition) is 2. The van der Waals surface area contributed by atoms with E-state index >= 15 is 0 Å². The molecule has 104 valence electrons. The highest BCUT2D eigenvalue weighted by atomic mass is 16.6. The predicted octanol–water partition coefficient (Wildman–Crippen LogP) is 3.93. The third kappa shape index (κ3) is 8.29. The van der Waals surface area contributed by atoms with E-state index in [-0.39, 0.29) is 0 Å². The molecule has 18 heavy (non-hydrogen) atoms. The van der Waals surface area contributed by atoms with Gasteiger partial charge in [-0.15, -0.1) is 0 Å². The zero-order chi connectivity index (χ0) is 13.2. The lowest BCUT2D eigenvalue weighted by Crippen LogP contribution is -1.95. The smallest absolute Gasteiger partial charge is 0.330 e. The van der Waals surface area contributed by atoms with Gasteiger partial charge in [0, 0.05) is 5.57 Å². The van der Waals surface area contributed by atoms with Crippen LogP contribution < -0.4 is 0 Å². The molecule has 1 rings (SSSR count). The first-order valence-electron chi connectivity index (χ1n) is 7.22. The second-order valence-corrected chi connectivity index (χ2v) is 5.20. The van der Waals surface area contributed by atoms with E-state index in [9.17, 15) is 4.79 Å². The Morgan fingerprint density at radius 2 is 1.72 bits per heavy atom. The molecule has 1 aliphatic rings. The van der Waals surface area contributed by atoms with Crippen molar-refractivity contribution in [1.82, 2.24) is 0 Å². The van der Waals surface area contributed by atoms with Crippen molar-refractivity contribution in [3.05, 3.63) is 11.6 Å². The van der Waals surface area contributed by atoms with E-state index < -0.39 is 5.97 Å². The van der Waals surface area contributed by atoms with Crippen LogP contribution in [-0.2, 0) is 9.53 Å². The van der Waals surface area contributed by atoms with Gasteiger partial charge in [-0.25, -0.2) is 4.79 Å². The molecule has 1 N–H and O–H groups in total. The SMILES string of the molecule is CC(=CCCCCCCCCCC1CO1)C(=O)O. The van der Waals surface area contributed by atoms with Crippen molar-refractivity contribution in [3.8, 4) is 0 Å². The number of allylic oxidation sites excluding steroid dienone is 1. The Morgan fingerprint density at radius 1 is 1.17 bits per heavy atom. The lowest BCUT2D eigenvalue weighted by atomic mass is 10.1. The van der Waals surface area contributed by atoms with Crippen LogP contribution in [0.15, 0.2) is 11.6 Å². The van der Waals surface area contributed by atoms with E-state index in [1.807, 2.05) is 6.08 Å². The molecule has 0 spiro atoms. The van der Waals surface area contributed by atoms with Crippen LogP contribution in [0, 0.1) is 0 Å². The van der Waals surface area contributed by atoms with Gasteiger partial charge in [0.05, 0.1) is 12.7 Å². The van der Waals surface area contributed by atoms with E-state index in [1.165, 1.54) is 44.9 Å². The number of rotatable bonds is 11. The summed E-state index contributed by atoms with van der Waals surface area (Å²) in [5.41, 5.74) is 0.470. The number of epoxide rings is 1. The maximum absolute atomic E-state index is 10.5. The van der Waals surface area contributed by atoms with Crippen LogP contribution in [0.5, 0.6) is 0 Å². The lowest BCUT2D eigenvalue weighted by molar-refractivity contribution is -0.132. The molecule has 0 aliphatic carbocycles. The molecular weight excluding hydrogens is 228 g/mol. The molecule has 3 heteroatoms. The number of unbranched alkanes of at least 4 members (excludes halogenated alkanes) is 7. The number of ether oxygens (including phenoxy) is 1. The zero-order valence-electron chi connectivity index (χ0n) is 11.5. The molecule has 1 heterocycles. The number of aliphatic carboxylic acids is 1. The van der Waals surface area contributed by atoms with Crippen LogP contribution in [0.4, 0.5) is 0 Å². The highest BCUT2D eigenvalue weighted by molar-refractivity contribution is 5.85. The maximum Gasteiger partial charge on any atom is 0.330 e. The van der Waals surface area contributed by atoms with Crippen molar-refractivity contribution < 1.29 is 14.6 Å². The first-order valence-corrected chi connectivity index (χ1v) is 7.22. The van der Waals surface area contributed by atoms with Crippen LogP contribution in [0.2, 0.25) is 0 Å². The van der Waals surface area contributed by atoms with Crippen LogP contribution in [0.25, 0.3) is 0 Å². The quantitative estimate of drug-likeness (QED) is 0.345. The highest BCUT2D eigenvalue weighted by Gasteiger charge is 2.20. The van der Waals surface area contributed by atoms with Gasteiger partial charge in [0.1, 0.15) is 0 Å². The number of carbonyl (C=O) groups is 1. The summed E-state index contributed by atoms with van der Waals surface area (Å²) in [7, 11) is 0. The number of carboxylic acid groups (broad SMARTS) is 1. The second-order valence-electron chi connectivity index (χ2n) is 5.20. The standard InChI is InChI=1S/C15H26O3/c1-13(15(16)17)10-8-6-4-2-3-5-7-9-11-14-12-18-14/h10,14H,2-9,11-12H2,1H3,(H,16,17). The predicted molar refractivity (Wildman–Crippen MR) is 72.7 cm³/mol. The van der Waals surface area contributed by atoms with E-state index in [1.54, 1.807) is 6.92 Å². The van der Waals surface area contributed by atoms with E-state index in [0.29, 0.717) is 11.7 Å². The number of carboxylic acids is 1.